The van der Waals surface area contributed by atoms with Gasteiger partial charge in [0.05, 0.1) is 6.54 Å². The van der Waals surface area contributed by atoms with Gasteiger partial charge in [0.2, 0.25) is 0 Å². The molecule has 2 N–H and O–H groups in total. The van der Waals surface area contributed by atoms with Crippen molar-refractivity contribution in [2.24, 2.45) is 7.05 Å². The molecule has 5 heteroatoms. The van der Waals surface area contributed by atoms with E-state index in [0.29, 0.717) is 18.8 Å². The van der Waals surface area contributed by atoms with Gasteiger partial charge in [0, 0.05) is 19.2 Å². The van der Waals surface area contributed by atoms with Crippen molar-refractivity contribution in [1.82, 2.24) is 20.1 Å². The highest BCUT2D eigenvalue weighted by molar-refractivity contribution is 5.31. The van der Waals surface area contributed by atoms with Gasteiger partial charge in [-0.25, -0.2) is 4.98 Å². The zero-order valence-electron chi connectivity index (χ0n) is 9.09. The van der Waals surface area contributed by atoms with Crippen molar-refractivity contribution in [1.29, 1.82) is 0 Å². The molecular weight excluding hydrogens is 204 g/mol. The van der Waals surface area contributed by atoms with Gasteiger partial charge in [-0.3, -0.25) is 4.68 Å². The number of aryl methyl sites for hydroxylation is 1. The lowest BCUT2D eigenvalue weighted by Crippen LogP contribution is -2.16. The molecule has 0 atom stereocenters. The van der Waals surface area contributed by atoms with Crippen LogP contribution in [0.25, 0.3) is 0 Å². The molecule has 1 aromatic heterocycles. The van der Waals surface area contributed by atoms with Crippen molar-refractivity contribution in [3.63, 3.8) is 0 Å². The number of para-hydroxylation sites is 1. The van der Waals surface area contributed by atoms with Crippen molar-refractivity contribution in [2.75, 3.05) is 0 Å². The van der Waals surface area contributed by atoms with E-state index in [2.05, 4.69) is 15.4 Å². The summed E-state index contributed by atoms with van der Waals surface area (Å²) < 4.78 is 1.72. The number of nitrogens with zero attached hydrogens (tertiary/aromatic N) is 3. The lowest BCUT2D eigenvalue weighted by atomic mass is 10.2. The van der Waals surface area contributed by atoms with Crippen LogP contribution in [-0.4, -0.2) is 19.9 Å². The molecule has 0 saturated carbocycles. The van der Waals surface area contributed by atoms with E-state index in [4.69, 9.17) is 0 Å². The molecule has 0 fully saturated rings. The summed E-state index contributed by atoms with van der Waals surface area (Å²) in [5.74, 6) is 1.18. The molecule has 2 rings (SSSR count). The number of phenolic OH excluding ortho intramolecular Hbond substituents is 1. The van der Waals surface area contributed by atoms with E-state index in [1.165, 1.54) is 6.33 Å². The molecule has 0 aliphatic carbocycles. The number of rotatable bonds is 4. The van der Waals surface area contributed by atoms with Gasteiger partial charge in [-0.05, 0) is 6.07 Å². The molecule has 16 heavy (non-hydrogen) atoms. The Morgan fingerprint density at radius 2 is 2.12 bits per heavy atom. The lowest BCUT2D eigenvalue weighted by Gasteiger charge is -2.05. The normalized spacial score (nSPS) is 10.6. The van der Waals surface area contributed by atoms with Crippen molar-refractivity contribution in [3.8, 4) is 5.75 Å². The fourth-order valence-corrected chi connectivity index (χ4v) is 1.45. The van der Waals surface area contributed by atoms with E-state index < -0.39 is 0 Å². The fraction of sp³-hybridized carbons (Fsp3) is 0.273. The number of phenols is 1. The third-order valence-electron chi connectivity index (χ3n) is 2.40. The summed E-state index contributed by atoms with van der Waals surface area (Å²) >= 11 is 0. The molecule has 0 amide bonds. The van der Waals surface area contributed by atoms with Crippen LogP contribution in [0.1, 0.15) is 11.4 Å². The van der Waals surface area contributed by atoms with Crippen LogP contribution in [-0.2, 0) is 20.1 Å². The molecule has 0 unspecified atom stereocenters. The molecule has 0 saturated heterocycles. The fourth-order valence-electron chi connectivity index (χ4n) is 1.45. The Labute approximate surface area is 93.8 Å². The van der Waals surface area contributed by atoms with Gasteiger partial charge in [-0.2, -0.15) is 5.10 Å². The smallest absolute Gasteiger partial charge is 0.140 e. The van der Waals surface area contributed by atoms with Crippen LogP contribution in [0.5, 0.6) is 5.75 Å². The maximum Gasteiger partial charge on any atom is 0.140 e. The van der Waals surface area contributed by atoms with Gasteiger partial charge >= 0.3 is 0 Å². The molecule has 84 valence electrons. The Morgan fingerprint density at radius 1 is 1.31 bits per heavy atom. The topological polar surface area (TPSA) is 63.0 Å². The molecule has 0 radical (unpaired) electrons. The van der Waals surface area contributed by atoms with Crippen molar-refractivity contribution < 1.29 is 5.11 Å². The molecule has 0 spiro atoms. The SMILES string of the molecule is Cn1ncnc1CNCc1ccccc1O. The molecular formula is C11H14N4O. The van der Waals surface area contributed by atoms with E-state index in [-0.39, 0.29) is 0 Å². The average Bonchev–Trinajstić information content (AvgIpc) is 2.67. The third-order valence-corrected chi connectivity index (χ3v) is 2.40. The Morgan fingerprint density at radius 3 is 2.81 bits per heavy atom. The minimum absolute atomic E-state index is 0.313. The van der Waals surface area contributed by atoms with Crippen LogP contribution in [0.3, 0.4) is 0 Å². The summed E-state index contributed by atoms with van der Waals surface area (Å²) in [6, 6.07) is 7.28. The second-order valence-electron chi connectivity index (χ2n) is 3.53. The number of nitrogens with one attached hydrogen (secondary N) is 1. The third kappa shape index (κ3) is 2.38. The number of hydrogen-bond donors (Lipinski definition) is 2. The highest BCUT2D eigenvalue weighted by atomic mass is 16.3. The van der Waals surface area contributed by atoms with E-state index in [0.717, 1.165) is 11.4 Å². The highest BCUT2D eigenvalue weighted by Crippen LogP contribution is 2.14. The maximum atomic E-state index is 9.55. The van der Waals surface area contributed by atoms with Crippen molar-refractivity contribution in [2.45, 2.75) is 13.1 Å². The van der Waals surface area contributed by atoms with Crippen LogP contribution < -0.4 is 5.32 Å². The van der Waals surface area contributed by atoms with Crippen molar-refractivity contribution in [3.05, 3.63) is 42.0 Å². The molecule has 1 aromatic carbocycles. The maximum absolute atomic E-state index is 9.55. The monoisotopic (exact) mass is 218 g/mol. The quantitative estimate of drug-likeness (QED) is 0.797. The number of aromatic nitrogens is 3. The Balaban J connectivity index is 1.89. The first kappa shape index (κ1) is 10.6. The molecule has 2 aromatic rings. The second-order valence-corrected chi connectivity index (χ2v) is 3.53. The van der Waals surface area contributed by atoms with Crippen molar-refractivity contribution >= 4 is 0 Å². The summed E-state index contributed by atoms with van der Waals surface area (Å²) in [4.78, 5) is 4.10. The zero-order chi connectivity index (χ0) is 11.4. The lowest BCUT2D eigenvalue weighted by molar-refractivity contribution is 0.463. The van der Waals surface area contributed by atoms with Gasteiger partial charge < -0.3 is 10.4 Å². The largest absolute Gasteiger partial charge is 0.508 e. The van der Waals surface area contributed by atoms with E-state index in [9.17, 15) is 5.11 Å². The minimum Gasteiger partial charge on any atom is -0.508 e. The first-order chi connectivity index (χ1) is 7.77. The van der Waals surface area contributed by atoms with Crippen LogP contribution in [0.4, 0.5) is 0 Å². The first-order valence-corrected chi connectivity index (χ1v) is 5.08. The predicted molar refractivity (Wildman–Crippen MR) is 59.7 cm³/mol. The molecule has 0 aliphatic rings. The molecule has 0 aliphatic heterocycles. The summed E-state index contributed by atoms with van der Waals surface area (Å²) in [7, 11) is 1.85. The summed E-state index contributed by atoms with van der Waals surface area (Å²) in [5, 5.41) is 16.7. The highest BCUT2D eigenvalue weighted by Gasteiger charge is 2.01. The van der Waals surface area contributed by atoms with Gasteiger partial charge in [0.15, 0.2) is 0 Å². The summed E-state index contributed by atoms with van der Waals surface area (Å²) in [5.41, 5.74) is 0.879. The second kappa shape index (κ2) is 4.76. The van der Waals surface area contributed by atoms with E-state index in [1.54, 1.807) is 10.7 Å². The number of aromatic hydroxyl groups is 1. The zero-order valence-corrected chi connectivity index (χ0v) is 9.09. The van der Waals surface area contributed by atoms with Crippen LogP contribution in [0.15, 0.2) is 30.6 Å². The number of benzene rings is 1. The summed E-state index contributed by atoms with van der Waals surface area (Å²) in [6.45, 7) is 1.24. The average molecular weight is 218 g/mol. The van der Waals surface area contributed by atoms with Gasteiger partial charge in [0.1, 0.15) is 17.9 Å². The molecule has 1 heterocycles. The standard InChI is InChI=1S/C11H14N4O/c1-15-11(13-8-14-15)7-12-6-9-4-2-3-5-10(9)16/h2-5,8,12,16H,6-7H2,1H3. The Hall–Kier alpha value is -1.88. The van der Waals surface area contributed by atoms with Crippen LogP contribution >= 0.6 is 0 Å². The first-order valence-electron chi connectivity index (χ1n) is 5.08. The van der Waals surface area contributed by atoms with Gasteiger partial charge in [-0.1, -0.05) is 18.2 Å². The van der Waals surface area contributed by atoms with Crippen LogP contribution in [0, 0.1) is 0 Å². The summed E-state index contributed by atoms with van der Waals surface area (Å²) in [6.07, 6.45) is 1.52. The number of hydrogen-bond acceptors (Lipinski definition) is 4. The molecule has 5 nitrogen and oxygen atoms in total. The predicted octanol–water partition coefficient (Wildman–Crippen LogP) is 0.810. The Bertz CT molecular complexity index is 467. The molecule has 0 bridgehead atoms. The minimum atomic E-state index is 0.313. The van der Waals surface area contributed by atoms with E-state index >= 15 is 0 Å². The Kier molecular flexibility index (Phi) is 3.16. The van der Waals surface area contributed by atoms with Crippen LogP contribution in [0.2, 0.25) is 0 Å². The van der Waals surface area contributed by atoms with E-state index in [1.807, 2.05) is 25.2 Å². The van der Waals surface area contributed by atoms with Gasteiger partial charge in [-0.15, -0.1) is 0 Å². The van der Waals surface area contributed by atoms with Gasteiger partial charge in [0.25, 0.3) is 0 Å².